The van der Waals surface area contributed by atoms with E-state index >= 15 is 0 Å². The maximum atomic E-state index is 11.8. The number of hydrogen-bond donors (Lipinski definition) is 1. The lowest BCUT2D eigenvalue weighted by atomic mass is 10.1. The molecule has 0 spiro atoms. The van der Waals surface area contributed by atoms with Crippen LogP contribution in [-0.2, 0) is 14.8 Å². The molecular formula is C10H23NO4S. The molecule has 0 aliphatic carbocycles. The van der Waals surface area contributed by atoms with Crippen LogP contribution in [-0.4, -0.2) is 55.5 Å². The van der Waals surface area contributed by atoms with Crippen LogP contribution in [0.2, 0.25) is 0 Å². The van der Waals surface area contributed by atoms with Gasteiger partial charge in [0.25, 0.3) is 0 Å². The van der Waals surface area contributed by atoms with E-state index in [9.17, 15) is 13.5 Å². The van der Waals surface area contributed by atoms with Crippen molar-refractivity contribution >= 4 is 10.0 Å². The maximum absolute atomic E-state index is 11.8. The molecule has 0 fully saturated rings. The largest absolute Gasteiger partial charge is 0.389 e. The van der Waals surface area contributed by atoms with Crippen LogP contribution in [0.15, 0.2) is 0 Å². The van der Waals surface area contributed by atoms with E-state index in [-0.39, 0.29) is 18.9 Å². The molecule has 0 radical (unpaired) electrons. The Labute approximate surface area is 98.5 Å². The topological polar surface area (TPSA) is 66.8 Å². The second-order valence-electron chi connectivity index (χ2n) is 4.25. The highest BCUT2D eigenvalue weighted by Gasteiger charge is 2.26. The average molecular weight is 253 g/mol. The normalized spacial score (nSPS) is 13.4. The van der Waals surface area contributed by atoms with Gasteiger partial charge in [0.2, 0.25) is 10.0 Å². The quantitative estimate of drug-likeness (QED) is 0.638. The van der Waals surface area contributed by atoms with E-state index in [1.807, 2.05) is 6.92 Å². The summed E-state index contributed by atoms with van der Waals surface area (Å²) < 4.78 is 30.0. The zero-order valence-electron chi connectivity index (χ0n) is 10.6. The highest BCUT2D eigenvalue weighted by molar-refractivity contribution is 7.89. The lowest BCUT2D eigenvalue weighted by molar-refractivity contribution is 0.0598. The van der Waals surface area contributed by atoms with Crippen molar-refractivity contribution < 1.29 is 18.3 Å². The van der Waals surface area contributed by atoms with Gasteiger partial charge in [-0.3, -0.25) is 0 Å². The zero-order valence-corrected chi connectivity index (χ0v) is 11.4. The molecule has 0 bridgehead atoms. The van der Waals surface area contributed by atoms with Gasteiger partial charge in [-0.2, -0.15) is 4.31 Å². The molecule has 0 saturated heterocycles. The van der Waals surface area contributed by atoms with Gasteiger partial charge >= 0.3 is 0 Å². The Hall–Kier alpha value is -0.170. The van der Waals surface area contributed by atoms with E-state index in [4.69, 9.17) is 4.74 Å². The molecule has 1 N–H and O–H groups in total. The predicted octanol–water partition coefficient (Wildman–Crippen LogP) is 0.446. The van der Waals surface area contributed by atoms with E-state index in [0.29, 0.717) is 13.2 Å². The minimum Gasteiger partial charge on any atom is -0.389 e. The van der Waals surface area contributed by atoms with E-state index < -0.39 is 15.6 Å². The first kappa shape index (κ1) is 15.8. The second-order valence-corrected chi connectivity index (χ2v) is 6.34. The third-order valence-corrected chi connectivity index (χ3v) is 3.86. The first-order valence-electron chi connectivity index (χ1n) is 5.51. The van der Waals surface area contributed by atoms with Crippen molar-refractivity contribution in [3.8, 4) is 0 Å². The van der Waals surface area contributed by atoms with Crippen LogP contribution in [0.3, 0.4) is 0 Å². The van der Waals surface area contributed by atoms with Gasteiger partial charge in [0.15, 0.2) is 0 Å². The van der Waals surface area contributed by atoms with E-state index in [1.54, 1.807) is 20.8 Å². The summed E-state index contributed by atoms with van der Waals surface area (Å²) in [5, 5.41) is 9.62. The number of likely N-dealkylation sites (N-methyl/N-ethyl adjacent to an activating group) is 1. The van der Waals surface area contributed by atoms with Crippen LogP contribution < -0.4 is 0 Å². The fraction of sp³-hybridized carbons (Fsp3) is 1.00. The Bertz CT molecular complexity index is 282. The van der Waals surface area contributed by atoms with Crippen molar-refractivity contribution in [1.82, 2.24) is 4.31 Å². The fourth-order valence-electron chi connectivity index (χ4n) is 1.28. The van der Waals surface area contributed by atoms with Crippen molar-refractivity contribution in [2.45, 2.75) is 33.3 Å². The van der Waals surface area contributed by atoms with Gasteiger partial charge in [-0.1, -0.05) is 6.92 Å². The summed E-state index contributed by atoms with van der Waals surface area (Å²) in [6.45, 7) is 7.93. The van der Waals surface area contributed by atoms with E-state index in [0.717, 1.165) is 0 Å². The molecule has 0 aromatic rings. The number of sulfonamides is 1. The van der Waals surface area contributed by atoms with Gasteiger partial charge in [-0.25, -0.2) is 8.42 Å². The predicted molar refractivity (Wildman–Crippen MR) is 63.8 cm³/mol. The van der Waals surface area contributed by atoms with E-state index in [1.165, 1.54) is 4.31 Å². The second kappa shape index (κ2) is 6.54. The Balaban J connectivity index is 4.44. The third kappa shape index (κ3) is 6.42. The molecule has 98 valence electrons. The van der Waals surface area contributed by atoms with Crippen LogP contribution >= 0.6 is 0 Å². The van der Waals surface area contributed by atoms with Gasteiger partial charge in [-0.05, 0) is 20.8 Å². The molecule has 0 amide bonds. The van der Waals surface area contributed by atoms with Crippen molar-refractivity contribution in [1.29, 1.82) is 0 Å². The van der Waals surface area contributed by atoms with Gasteiger partial charge in [0, 0.05) is 19.7 Å². The van der Waals surface area contributed by atoms with Gasteiger partial charge in [0.1, 0.15) is 0 Å². The Morgan fingerprint density at radius 2 is 1.88 bits per heavy atom. The molecule has 16 heavy (non-hydrogen) atoms. The molecule has 0 aromatic carbocycles. The summed E-state index contributed by atoms with van der Waals surface area (Å²) in [7, 11) is -3.33. The van der Waals surface area contributed by atoms with Crippen LogP contribution in [0.5, 0.6) is 0 Å². The lowest BCUT2D eigenvalue weighted by Crippen LogP contribution is -2.43. The molecular weight excluding hydrogens is 230 g/mol. The minimum absolute atomic E-state index is 0.0369. The SMILES string of the molecule is CCOCCS(=O)(=O)N(CC)CC(C)(C)O. The Morgan fingerprint density at radius 3 is 2.25 bits per heavy atom. The molecule has 0 heterocycles. The molecule has 0 atom stereocenters. The average Bonchev–Trinajstić information content (AvgIpc) is 2.13. The molecule has 0 unspecified atom stereocenters. The number of rotatable bonds is 8. The van der Waals surface area contributed by atoms with E-state index in [2.05, 4.69) is 0 Å². The number of aliphatic hydroxyl groups is 1. The highest BCUT2D eigenvalue weighted by Crippen LogP contribution is 2.09. The van der Waals surface area contributed by atoms with Gasteiger partial charge < -0.3 is 9.84 Å². The third-order valence-electron chi connectivity index (χ3n) is 2.00. The Morgan fingerprint density at radius 1 is 1.31 bits per heavy atom. The number of hydrogen-bond acceptors (Lipinski definition) is 4. The summed E-state index contributed by atoms with van der Waals surface area (Å²) in [5.41, 5.74) is -1.02. The summed E-state index contributed by atoms with van der Waals surface area (Å²) in [6, 6.07) is 0. The van der Waals surface area contributed by atoms with Crippen molar-refractivity contribution in [2.24, 2.45) is 0 Å². The standard InChI is InChI=1S/C10H23NO4S/c1-5-11(9-10(3,4)12)16(13,14)8-7-15-6-2/h12H,5-9H2,1-4H3. The summed E-state index contributed by atoms with van der Waals surface area (Å²) in [6.07, 6.45) is 0. The van der Waals surface area contributed by atoms with Crippen LogP contribution in [0.1, 0.15) is 27.7 Å². The first-order chi connectivity index (χ1) is 7.23. The molecule has 0 saturated carbocycles. The van der Waals surface area contributed by atoms with Gasteiger partial charge in [-0.15, -0.1) is 0 Å². The summed E-state index contributed by atoms with van der Waals surface area (Å²) in [5.74, 6) is -0.0369. The number of nitrogens with zero attached hydrogens (tertiary/aromatic N) is 1. The lowest BCUT2D eigenvalue weighted by Gasteiger charge is -2.27. The molecule has 6 heteroatoms. The molecule has 0 rings (SSSR count). The summed E-state index contributed by atoms with van der Waals surface area (Å²) >= 11 is 0. The highest BCUT2D eigenvalue weighted by atomic mass is 32.2. The first-order valence-corrected chi connectivity index (χ1v) is 7.11. The van der Waals surface area contributed by atoms with Crippen molar-refractivity contribution in [3.05, 3.63) is 0 Å². The smallest absolute Gasteiger partial charge is 0.216 e. The maximum Gasteiger partial charge on any atom is 0.216 e. The van der Waals surface area contributed by atoms with Gasteiger partial charge in [0.05, 0.1) is 18.0 Å². The monoisotopic (exact) mass is 253 g/mol. The fourth-order valence-corrected chi connectivity index (χ4v) is 2.77. The molecule has 5 nitrogen and oxygen atoms in total. The minimum atomic E-state index is -3.33. The van der Waals surface area contributed by atoms with Crippen molar-refractivity contribution in [3.63, 3.8) is 0 Å². The molecule has 0 aliphatic rings. The van der Waals surface area contributed by atoms with Crippen LogP contribution in [0, 0.1) is 0 Å². The number of ether oxygens (including phenoxy) is 1. The van der Waals surface area contributed by atoms with Crippen LogP contribution in [0.4, 0.5) is 0 Å². The Kier molecular flexibility index (Phi) is 6.47. The van der Waals surface area contributed by atoms with Crippen molar-refractivity contribution in [2.75, 3.05) is 32.1 Å². The summed E-state index contributed by atoms with van der Waals surface area (Å²) in [4.78, 5) is 0. The van der Waals surface area contributed by atoms with Crippen LogP contribution in [0.25, 0.3) is 0 Å². The molecule has 0 aliphatic heterocycles. The molecule has 0 aromatic heterocycles. The zero-order chi connectivity index (χ0) is 12.8.